The van der Waals surface area contributed by atoms with E-state index >= 15 is 0 Å². The zero-order valence-corrected chi connectivity index (χ0v) is 9.70. The van der Waals surface area contributed by atoms with Gasteiger partial charge < -0.3 is 4.98 Å². The summed E-state index contributed by atoms with van der Waals surface area (Å²) in [4.78, 5) is 7.87. The van der Waals surface area contributed by atoms with Crippen LogP contribution >= 0.6 is 0 Å². The highest BCUT2D eigenvalue weighted by molar-refractivity contribution is 5.47. The third-order valence-electron chi connectivity index (χ3n) is 2.51. The van der Waals surface area contributed by atoms with Gasteiger partial charge in [-0.2, -0.15) is 0 Å². The van der Waals surface area contributed by atoms with E-state index in [1.165, 1.54) is 5.56 Å². The Bertz CT molecular complexity index is 481. The first kappa shape index (κ1) is 10.7. The summed E-state index contributed by atoms with van der Waals surface area (Å²) in [6, 6.07) is 10.4. The highest BCUT2D eigenvalue weighted by Gasteiger charge is 2.04. The van der Waals surface area contributed by atoms with E-state index in [-0.39, 0.29) is 0 Å². The van der Waals surface area contributed by atoms with Crippen molar-refractivity contribution in [2.45, 2.75) is 20.3 Å². The number of imidazole rings is 1. The molecule has 1 aromatic heterocycles. The van der Waals surface area contributed by atoms with E-state index < -0.39 is 0 Å². The first-order valence-corrected chi connectivity index (χ1v) is 5.51. The van der Waals surface area contributed by atoms with E-state index in [1.807, 2.05) is 25.1 Å². The maximum atomic E-state index is 4.55. The largest absolute Gasteiger partial charge is 0.345 e. The molecule has 0 unspecified atom stereocenters. The number of H-pyrrole nitrogens is 1. The summed E-state index contributed by atoms with van der Waals surface area (Å²) >= 11 is 0. The Labute approximate surface area is 96.1 Å². The molecule has 2 aromatic rings. The van der Waals surface area contributed by atoms with Crippen LogP contribution in [0.15, 0.2) is 36.4 Å². The lowest BCUT2D eigenvalue weighted by Crippen LogP contribution is -1.90. The van der Waals surface area contributed by atoms with Crippen molar-refractivity contribution in [3.8, 4) is 0 Å². The summed E-state index contributed by atoms with van der Waals surface area (Å²) < 4.78 is 0. The number of hydrogen-bond acceptors (Lipinski definition) is 1. The Morgan fingerprint density at radius 2 is 2.00 bits per heavy atom. The van der Waals surface area contributed by atoms with Gasteiger partial charge in [0.2, 0.25) is 0 Å². The standard InChI is InChI=1S/C14H16N2/c1-3-7-13-11(2)15-14(16-13)10-12-8-5-4-6-9-12/h3-9H,10H2,1-2H3,(H,15,16)/b7-3-. The molecule has 0 aliphatic heterocycles. The van der Waals surface area contributed by atoms with Crippen LogP contribution in [0, 0.1) is 6.92 Å². The van der Waals surface area contributed by atoms with Gasteiger partial charge in [-0.25, -0.2) is 4.98 Å². The average Bonchev–Trinajstić information content (AvgIpc) is 2.61. The van der Waals surface area contributed by atoms with Gasteiger partial charge in [-0.05, 0) is 25.5 Å². The third kappa shape index (κ3) is 2.40. The average molecular weight is 212 g/mol. The summed E-state index contributed by atoms with van der Waals surface area (Å²) in [5, 5.41) is 0. The normalized spacial score (nSPS) is 11.1. The monoisotopic (exact) mass is 212 g/mol. The summed E-state index contributed by atoms with van der Waals surface area (Å²) in [5.41, 5.74) is 3.45. The van der Waals surface area contributed by atoms with Crippen LogP contribution in [0.1, 0.15) is 29.7 Å². The number of benzene rings is 1. The number of nitrogens with one attached hydrogen (secondary N) is 1. The molecule has 2 nitrogen and oxygen atoms in total. The topological polar surface area (TPSA) is 28.7 Å². The van der Waals surface area contributed by atoms with Crippen molar-refractivity contribution in [3.63, 3.8) is 0 Å². The van der Waals surface area contributed by atoms with Crippen molar-refractivity contribution in [1.29, 1.82) is 0 Å². The van der Waals surface area contributed by atoms with Crippen LogP contribution in [0.5, 0.6) is 0 Å². The number of aromatic nitrogens is 2. The zero-order valence-electron chi connectivity index (χ0n) is 9.70. The Balaban J connectivity index is 2.20. The predicted octanol–water partition coefficient (Wildman–Crippen LogP) is 3.34. The van der Waals surface area contributed by atoms with Crippen LogP contribution < -0.4 is 0 Å². The second-order valence-corrected chi connectivity index (χ2v) is 3.86. The zero-order chi connectivity index (χ0) is 11.4. The summed E-state index contributed by atoms with van der Waals surface area (Å²) in [5.74, 6) is 1.02. The fourth-order valence-corrected chi connectivity index (χ4v) is 1.73. The first-order valence-electron chi connectivity index (χ1n) is 5.51. The summed E-state index contributed by atoms with van der Waals surface area (Å²) in [6.45, 7) is 4.06. The van der Waals surface area contributed by atoms with Gasteiger partial charge in [0.1, 0.15) is 5.82 Å². The lowest BCUT2D eigenvalue weighted by Gasteiger charge is -1.96. The molecular weight excluding hydrogens is 196 g/mol. The molecule has 0 fully saturated rings. The molecule has 82 valence electrons. The van der Waals surface area contributed by atoms with Crippen LogP contribution in [0.3, 0.4) is 0 Å². The minimum Gasteiger partial charge on any atom is -0.345 e. The van der Waals surface area contributed by atoms with Gasteiger partial charge in [-0.1, -0.05) is 36.4 Å². The van der Waals surface area contributed by atoms with E-state index in [4.69, 9.17) is 0 Å². The molecule has 0 saturated heterocycles. The van der Waals surface area contributed by atoms with Gasteiger partial charge in [-0.15, -0.1) is 0 Å². The van der Waals surface area contributed by atoms with Crippen LogP contribution in [0.4, 0.5) is 0 Å². The molecule has 0 aliphatic rings. The first-order chi connectivity index (χ1) is 7.79. The Kier molecular flexibility index (Phi) is 3.20. The van der Waals surface area contributed by atoms with Crippen molar-refractivity contribution in [1.82, 2.24) is 9.97 Å². The highest BCUT2D eigenvalue weighted by atomic mass is 14.9. The van der Waals surface area contributed by atoms with E-state index in [0.717, 1.165) is 23.6 Å². The van der Waals surface area contributed by atoms with Crippen molar-refractivity contribution >= 4 is 6.08 Å². The lowest BCUT2D eigenvalue weighted by molar-refractivity contribution is 1.02. The van der Waals surface area contributed by atoms with E-state index in [9.17, 15) is 0 Å². The smallest absolute Gasteiger partial charge is 0.111 e. The molecule has 1 heterocycles. The fourth-order valence-electron chi connectivity index (χ4n) is 1.73. The summed E-state index contributed by atoms with van der Waals surface area (Å²) in [6.07, 6.45) is 4.90. The number of allylic oxidation sites excluding steroid dienone is 1. The van der Waals surface area contributed by atoms with Crippen LogP contribution in [-0.4, -0.2) is 9.97 Å². The minimum atomic E-state index is 0.860. The van der Waals surface area contributed by atoms with E-state index in [1.54, 1.807) is 0 Å². The van der Waals surface area contributed by atoms with Gasteiger partial charge in [-0.3, -0.25) is 0 Å². The minimum absolute atomic E-state index is 0.860. The van der Waals surface area contributed by atoms with E-state index in [2.05, 4.69) is 41.2 Å². The van der Waals surface area contributed by atoms with Crippen LogP contribution in [-0.2, 0) is 6.42 Å². The number of rotatable bonds is 3. The molecule has 0 radical (unpaired) electrons. The van der Waals surface area contributed by atoms with Gasteiger partial charge in [0.15, 0.2) is 0 Å². The molecule has 0 atom stereocenters. The van der Waals surface area contributed by atoms with Crippen LogP contribution in [0.2, 0.25) is 0 Å². The molecule has 2 rings (SSSR count). The molecule has 0 bridgehead atoms. The third-order valence-corrected chi connectivity index (χ3v) is 2.51. The lowest BCUT2D eigenvalue weighted by atomic mass is 10.1. The fraction of sp³-hybridized carbons (Fsp3) is 0.214. The Morgan fingerprint density at radius 3 is 2.69 bits per heavy atom. The second kappa shape index (κ2) is 4.79. The quantitative estimate of drug-likeness (QED) is 0.830. The number of aryl methyl sites for hydroxylation is 1. The predicted molar refractivity (Wildman–Crippen MR) is 67.3 cm³/mol. The van der Waals surface area contributed by atoms with Gasteiger partial charge >= 0.3 is 0 Å². The highest BCUT2D eigenvalue weighted by Crippen LogP contribution is 2.11. The molecule has 0 amide bonds. The summed E-state index contributed by atoms with van der Waals surface area (Å²) in [7, 11) is 0. The molecule has 0 saturated carbocycles. The Hall–Kier alpha value is -1.83. The van der Waals surface area contributed by atoms with Crippen molar-refractivity contribution in [2.75, 3.05) is 0 Å². The Morgan fingerprint density at radius 1 is 1.25 bits per heavy atom. The second-order valence-electron chi connectivity index (χ2n) is 3.86. The van der Waals surface area contributed by atoms with Crippen molar-refractivity contribution in [2.24, 2.45) is 0 Å². The maximum Gasteiger partial charge on any atom is 0.111 e. The number of hydrogen-bond donors (Lipinski definition) is 1. The van der Waals surface area contributed by atoms with Gasteiger partial charge in [0.05, 0.1) is 5.69 Å². The maximum absolute atomic E-state index is 4.55. The molecule has 16 heavy (non-hydrogen) atoms. The van der Waals surface area contributed by atoms with Crippen molar-refractivity contribution < 1.29 is 0 Å². The molecule has 1 N–H and O–H groups in total. The SMILES string of the molecule is C/C=C\c1nc(Cc2ccccc2)[nH]c1C. The number of nitrogens with zero attached hydrogens (tertiary/aromatic N) is 1. The molecule has 0 spiro atoms. The molecular formula is C14H16N2. The molecule has 0 aliphatic carbocycles. The van der Waals surface area contributed by atoms with E-state index in [0.29, 0.717) is 0 Å². The van der Waals surface area contributed by atoms with Crippen LogP contribution in [0.25, 0.3) is 6.08 Å². The number of aromatic amines is 1. The molecule has 1 aromatic carbocycles. The van der Waals surface area contributed by atoms with Crippen molar-refractivity contribution in [3.05, 3.63) is 59.2 Å². The molecule has 2 heteroatoms. The van der Waals surface area contributed by atoms with Gasteiger partial charge in [0, 0.05) is 12.1 Å². The van der Waals surface area contributed by atoms with Gasteiger partial charge in [0.25, 0.3) is 0 Å².